The van der Waals surface area contributed by atoms with E-state index in [0.717, 1.165) is 137 Å². The Labute approximate surface area is 872 Å². The first-order valence-electron chi connectivity index (χ1n) is 49.8. The predicted octanol–water partition coefficient (Wildman–Crippen LogP) is 21.4. The minimum Gasteiger partial charge on any atom is -0.483 e. The zero-order chi connectivity index (χ0) is 107. The Balaban J connectivity index is 0.000000148. The molecule has 16 aromatic rings. The summed E-state index contributed by atoms with van der Waals surface area (Å²) < 4.78 is 128. The van der Waals surface area contributed by atoms with Gasteiger partial charge in [0.2, 0.25) is 23.8 Å². The molecule has 4 aliphatic heterocycles. The number of pyridine rings is 4. The van der Waals surface area contributed by atoms with E-state index in [2.05, 4.69) is 189 Å². The number of aromatic nitrogens is 20. The maximum atomic E-state index is 15.1. The summed E-state index contributed by atoms with van der Waals surface area (Å²) in [5.41, 5.74) is 12.2. The number of aryl methyl sites for hydroxylation is 4. The third-order valence-electron chi connectivity index (χ3n) is 26.8. The summed E-state index contributed by atoms with van der Waals surface area (Å²) >= 11 is 0. The lowest BCUT2D eigenvalue weighted by atomic mass is 9.98. The van der Waals surface area contributed by atoms with Crippen LogP contribution < -0.4 is 31.9 Å². The van der Waals surface area contributed by atoms with E-state index in [9.17, 15) is 17.6 Å². The number of halogens is 9. The number of hydrogen-bond acceptors (Lipinski definition) is 27. The number of carbonyl (C=O) groups is 1. The molecule has 0 amide bonds. The van der Waals surface area contributed by atoms with Crippen LogP contribution in [0.3, 0.4) is 0 Å². The lowest BCUT2D eigenvalue weighted by Crippen LogP contribution is -2.38. The second-order valence-corrected chi connectivity index (χ2v) is 42.4. The minimum absolute atomic E-state index is 0. The molecule has 20 rings (SSSR count). The Morgan fingerprint density at radius 3 is 0.820 bits per heavy atom. The molecular weight excluding hydrogens is 1950 g/mol. The lowest BCUT2D eigenvalue weighted by molar-refractivity contribution is -0.122. The second-order valence-electron chi connectivity index (χ2n) is 42.4. The largest absolute Gasteiger partial charge is 0.483 e. The molecule has 0 bridgehead atoms. The van der Waals surface area contributed by atoms with E-state index < -0.39 is 46.5 Å². The Morgan fingerprint density at radius 2 is 0.587 bits per heavy atom. The van der Waals surface area contributed by atoms with E-state index in [1.807, 2.05) is 165 Å². The van der Waals surface area contributed by atoms with E-state index in [1.54, 1.807) is 24.3 Å². The van der Waals surface area contributed by atoms with Crippen LogP contribution in [0.25, 0.3) is 89.2 Å². The molecule has 0 saturated heterocycles. The number of benzene rings is 4. The fraction of sp³-hybridized carbons (Fsp3) is 0.404. The predicted molar refractivity (Wildman–Crippen MR) is 572 cm³/mol. The second kappa shape index (κ2) is 44.6. The molecule has 4 aliphatic rings. The molecule has 0 radical (unpaired) electrons. The van der Waals surface area contributed by atoms with E-state index >= 15 is 17.6 Å². The van der Waals surface area contributed by atoms with E-state index in [-0.39, 0.29) is 134 Å². The highest BCUT2D eigenvalue weighted by molar-refractivity contribution is 5.87. The summed E-state index contributed by atoms with van der Waals surface area (Å²) in [4.78, 5) is 88.2. The lowest BCUT2D eigenvalue weighted by Gasteiger charge is -2.35. The van der Waals surface area contributed by atoms with Crippen molar-refractivity contribution in [2.75, 3.05) is 102 Å². The first kappa shape index (κ1) is 110. The number of fused-ring (bicyclic) bond motifs is 8. The topological polar surface area (TPSA) is 348 Å². The van der Waals surface area contributed by atoms with Gasteiger partial charge in [0.1, 0.15) is 91.4 Å². The van der Waals surface area contributed by atoms with Gasteiger partial charge in [-0.3, -0.25) is 14.6 Å². The fourth-order valence-corrected chi connectivity index (χ4v) is 20.2. The molecule has 0 fully saturated rings. The first-order chi connectivity index (χ1) is 70.5. The molecule has 0 spiro atoms. The minimum atomic E-state index is -0.638. The molecule has 7 N–H and O–H groups in total. The van der Waals surface area contributed by atoms with Crippen molar-refractivity contribution in [1.82, 2.24) is 128 Å². The van der Waals surface area contributed by atoms with Crippen LogP contribution >= 0.6 is 12.4 Å². The Bertz CT molecular complexity index is 7270. The van der Waals surface area contributed by atoms with Crippen molar-refractivity contribution in [1.29, 1.82) is 0 Å². The van der Waals surface area contributed by atoms with Crippen LogP contribution in [0.2, 0.25) is 0 Å². The Hall–Kier alpha value is -14.2. The van der Waals surface area contributed by atoms with Gasteiger partial charge in [-0.1, -0.05) is 24.3 Å². The van der Waals surface area contributed by atoms with Crippen LogP contribution in [0.4, 0.5) is 82.2 Å². The van der Waals surface area contributed by atoms with Crippen molar-refractivity contribution < 1.29 is 45.0 Å². The number of hydrogen-bond donors (Lipinski definition) is 7. The number of rotatable bonds is 18. The van der Waals surface area contributed by atoms with E-state index in [0.29, 0.717) is 90.9 Å². The van der Waals surface area contributed by atoms with Crippen LogP contribution in [0.1, 0.15) is 203 Å². The monoisotopic (exact) mass is 2080 g/mol. The highest BCUT2D eigenvalue weighted by Gasteiger charge is 2.34. The maximum absolute atomic E-state index is 15.1. The average molecular weight is 2080 g/mol. The van der Waals surface area contributed by atoms with Crippen LogP contribution in [0, 0.1) is 74.2 Å². The molecule has 0 aliphatic carbocycles. The first-order valence-corrected chi connectivity index (χ1v) is 49.8. The zero-order valence-corrected chi connectivity index (χ0v) is 89.8. The quantitative estimate of drug-likeness (QED) is 0.0310. The molecule has 0 saturated carbocycles. The van der Waals surface area contributed by atoms with Gasteiger partial charge < -0.3 is 65.1 Å². The van der Waals surface area contributed by atoms with Crippen LogP contribution in [0.15, 0.2) is 122 Å². The van der Waals surface area contributed by atoms with Gasteiger partial charge in [0.15, 0.2) is 46.5 Å². The number of carboxylic acid groups (broad SMARTS) is 1. The van der Waals surface area contributed by atoms with E-state index in [1.165, 1.54) is 35.4 Å². The van der Waals surface area contributed by atoms with Crippen molar-refractivity contribution >= 4 is 110 Å². The molecular formula is C109H129ClF8N30O2. The van der Waals surface area contributed by atoms with Crippen LogP contribution in [-0.2, 0) is 52.6 Å². The number of imidazole rings is 4. The van der Waals surface area contributed by atoms with Gasteiger partial charge in [-0.15, -0.1) is 12.4 Å². The zero-order valence-electron chi connectivity index (χ0n) is 88.9. The molecule has 12 aromatic heterocycles. The molecule has 4 atom stereocenters. The summed E-state index contributed by atoms with van der Waals surface area (Å²) in [5, 5.41) is 26.1. The van der Waals surface area contributed by atoms with Gasteiger partial charge >= 0.3 is 0 Å². The molecule has 4 aromatic carbocycles. The van der Waals surface area contributed by atoms with Gasteiger partial charge in [-0.25, -0.2) is 115 Å². The Kier molecular flexibility index (Phi) is 32.7. The summed E-state index contributed by atoms with van der Waals surface area (Å²) in [6, 6.07) is 28.8. The molecule has 41 heteroatoms. The van der Waals surface area contributed by atoms with Gasteiger partial charge in [-0.2, -0.15) is 0 Å². The van der Waals surface area contributed by atoms with Crippen LogP contribution in [-0.4, -0.2) is 210 Å². The number of anilines is 8. The summed E-state index contributed by atoms with van der Waals surface area (Å²) in [6.07, 6.45) is 7.71. The van der Waals surface area contributed by atoms with Crippen molar-refractivity contribution in [3.63, 3.8) is 0 Å². The highest BCUT2D eigenvalue weighted by atomic mass is 35.5. The smallest absolute Gasteiger partial charge is 0.290 e. The maximum Gasteiger partial charge on any atom is 0.290 e. The third kappa shape index (κ3) is 24.0. The summed E-state index contributed by atoms with van der Waals surface area (Å²) in [6.45, 7) is 47.5. The number of likely N-dealkylation sites (N-methyl/N-ethyl adjacent to an activating group) is 2. The highest BCUT2D eigenvalue weighted by Crippen LogP contribution is 2.41. The van der Waals surface area contributed by atoms with Crippen molar-refractivity contribution in [2.24, 2.45) is 0 Å². The third-order valence-corrected chi connectivity index (χ3v) is 26.8. The van der Waals surface area contributed by atoms with Gasteiger partial charge in [0.25, 0.3) is 6.47 Å². The molecule has 16 heterocycles. The van der Waals surface area contributed by atoms with Gasteiger partial charge in [0, 0.05) is 169 Å². The molecule has 32 nitrogen and oxygen atoms in total. The molecule has 150 heavy (non-hydrogen) atoms. The van der Waals surface area contributed by atoms with Crippen LogP contribution in [0.5, 0.6) is 0 Å². The summed E-state index contributed by atoms with van der Waals surface area (Å²) in [5.74, 6) is 1.19. The SMILES string of the molecule is Cc1nc2c(F)cc(-c3nc(Nc4ccc5c(n4)CCN(CCN(C)C)C5C)ncc3F)cc2n1C(C)(C)C.Cc1nc2c(F)cc(-c3nc(Nc4ccc5c(n4)CCN(CCN(C)C)C5C)ncc3F)cc2n1C(C)(C)C.Cc1nc2c(F)cc(-c3nc(Nc4ccc5c(n4)CCNC5C)ncc3F)cc2n1C(C)(C)C.Cc1nc2c(F)cc(-c3nc(Nc4ccc5c(n4)CCNC5C)ncc3F)cc2n1C(C)(C)C.Cl.O=CO. The fourth-order valence-electron chi connectivity index (χ4n) is 20.2. The number of nitrogens with one attached hydrogen (secondary N) is 6. The van der Waals surface area contributed by atoms with Gasteiger partial charge in [0.05, 0.1) is 46.9 Å². The van der Waals surface area contributed by atoms with Crippen molar-refractivity contribution in [3.05, 3.63) is 237 Å². The van der Waals surface area contributed by atoms with Crippen molar-refractivity contribution in [3.8, 4) is 45.0 Å². The number of nitrogens with zero attached hydrogens (tertiary/aromatic N) is 24. The van der Waals surface area contributed by atoms with E-state index in [4.69, 9.17) is 19.9 Å². The Morgan fingerprint density at radius 1 is 0.353 bits per heavy atom. The van der Waals surface area contributed by atoms with Gasteiger partial charge in [-0.05, 0) is 262 Å². The normalized spacial score (nSPS) is 15.8. The average Bonchev–Trinajstić information content (AvgIpc) is 1.62. The molecule has 790 valence electrons. The van der Waals surface area contributed by atoms with Crippen molar-refractivity contribution in [2.45, 2.75) is 210 Å². The molecule has 4 unspecified atom stereocenters. The summed E-state index contributed by atoms with van der Waals surface area (Å²) in [7, 11) is 8.34. The standard InChI is InChI=1S/2C29H36F2N8.2C25H27F2N7.CH2O2.ClH/c2*1-17-20-8-9-25(34-23(20)10-11-38(17)13-12-37(6)7)35-28-32-16-22(31)26(36-28)19-14-21(30)27-24(15-19)39(18(2)33-27)29(3,4)5;2*1-13-16-6-7-21(31-19(16)8-9-28-13)32-24-29-12-18(27)22(33-24)15-10-17(26)23-20(11-15)34(14(2)30-23)25(3,4)5;2-1-3;/h2*8-9,14-17H,10-13H2,1-7H3,(H,32,34,35,36);2*6-7,10-13,28H,8-9H2,1-5H3,(H,29,31,32,33);1H,(H,2,3);1H.